The van der Waals surface area contributed by atoms with Crippen LogP contribution in [-0.4, -0.2) is 35.0 Å². The number of piperidine rings is 1. The first kappa shape index (κ1) is 14.9. The maximum Gasteiger partial charge on any atom is 0.239 e. The Bertz CT molecular complexity index is 453. The van der Waals surface area contributed by atoms with Gasteiger partial charge in [0.2, 0.25) is 5.91 Å². The fourth-order valence-electron chi connectivity index (χ4n) is 2.66. The Hall–Kier alpha value is -1.46. The molecule has 110 valence electrons. The zero-order valence-electron chi connectivity index (χ0n) is 11.6. The van der Waals surface area contributed by atoms with Crippen LogP contribution in [0.5, 0.6) is 0 Å². The predicted octanol–water partition coefficient (Wildman–Crippen LogP) is 1.44. The second-order valence-electron chi connectivity index (χ2n) is 5.45. The van der Waals surface area contributed by atoms with Crippen LogP contribution >= 0.6 is 0 Å². The standard InChI is InChI=1S/C15H21FN2O2/c1-10(17)15(20)18-8-6-12(7-9-18)14(19)11-2-4-13(16)5-3-11/h2-5,10,12,14,19H,6-9,17H2,1H3/t10-,14?/m1/s1. The molecule has 1 aromatic rings. The van der Waals surface area contributed by atoms with E-state index in [9.17, 15) is 14.3 Å². The lowest BCUT2D eigenvalue weighted by molar-refractivity contribution is -0.134. The maximum atomic E-state index is 12.9. The molecule has 1 amide bonds. The van der Waals surface area contributed by atoms with Crippen LogP contribution in [0.1, 0.15) is 31.4 Å². The highest BCUT2D eigenvalue weighted by atomic mass is 19.1. The van der Waals surface area contributed by atoms with E-state index in [4.69, 9.17) is 5.73 Å². The highest BCUT2D eigenvalue weighted by Gasteiger charge is 2.29. The van der Waals surface area contributed by atoms with Crippen LogP contribution in [-0.2, 0) is 4.79 Å². The van der Waals surface area contributed by atoms with Crippen LogP contribution in [0.3, 0.4) is 0 Å². The number of rotatable bonds is 3. The van der Waals surface area contributed by atoms with Crippen molar-refractivity contribution in [2.75, 3.05) is 13.1 Å². The maximum absolute atomic E-state index is 12.9. The van der Waals surface area contributed by atoms with Crippen molar-refractivity contribution >= 4 is 5.91 Å². The van der Waals surface area contributed by atoms with Gasteiger partial charge in [0.05, 0.1) is 12.1 Å². The number of aliphatic hydroxyl groups excluding tert-OH is 1. The zero-order valence-corrected chi connectivity index (χ0v) is 11.6. The van der Waals surface area contributed by atoms with Crippen LogP contribution in [0.25, 0.3) is 0 Å². The van der Waals surface area contributed by atoms with Gasteiger partial charge in [0.15, 0.2) is 0 Å². The normalized spacial score (nSPS) is 19.7. The molecule has 0 radical (unpaired) electrons. The third kappa shape index (κ3) is 3.35. The molecule has 1 aromatic carbocycles. The Kier molecular flexibility index (Phi) is 4.73. The molecular formula is C15H21FN2O2. The van der Waals surface area contributed by atoms with Crippen molar-refractivity contribution in [2.24, 2.45) is 11.7 Å². The van der Waals surface area contributed by atoms with Gasteiger partial charge in [-0.25, -0.2) is 4.39 Å². The quantitative estimate of drug-likeness (QED) is 0.880. The van der Waals surface area contributed by atoms with E-state index in [1.54, 1.807) is 24.0 Å². The van der Waals surface area contributed by atoms with Gasteiger partial charge in [-0.2, -0.15) is 0 Å². The molecule has 0 saturated carbocycles. The number of carbonyl (C=O) groups excluding carboxylic acids is 1. The summed E-state index contributed by atoms with van der Waals surface area (Å²) in [6.45, 7) is 2.91. The minimum atomic E-state index is -0.608. The Morgan fingerprint density at radius 2 is 1.90 bits per heavy atom. The van der Waals surface area contributed by atoms with Crippen LogP contribution in [0.2, 0.25) is 0 Å². The molecule has 1 aliphatic heterocycles. The van der Waals surface area contributed by atoms with Crippen LogP contribution < -0.4 is 5.73 Å². The Morgan fingerprint density at radius 3 is 2.40 bits per heavy atom. The first-order valence-corrected chi connectivity index (χ1v) is 6.97. The minimum Gasteiger partial charge on any atom is -0.388 e. The van der Waals surface area contributed by atoms with Gasteiger partial charge in [0.25, 0.3) is 0 Å². The van der Waals surface area contributed by atoms with Crippen LogP contribution in [0.15, 0.2) is 24.3 Å². The lowest BCUT2D eigenvalue weighted by Crippen LogP contribution is -2.46. The molecule has 2 rings (SSSR count). The van der Waals surface area contributed by atoms with E-state index in [0.717, 1.165) is 18.4 Å². The first-order valence-electron chi connectivity index (χ1n) is 6.97. The third-order valence-electron chi connectivity index (χ3n) is 3.90. The second-order valence-corrected chi connectivity index (χ2v) is 5.45. The summed E-state index contributed by atoms with van der Waals surface area (Å²) in [7, 11) is 0. The second kappa shape index (κ2) is 6.33. The number of nitrogens with zero attached hydrogens (tertiary/aromatic N) is 1. The van der Waals surface area contributed by atoms with Gasteiger partial charge in [-0.05, 0) is 43.4 Å². The average Bonchev–Trinajstić information content (AvgIpc) is 2.46. The van der Waals surface area contributed by atoms with Gasteiger partial charge >= 0.3 is 0 Å². The van der Waals surface area contributed by atoms with Gasteiger partial charge in [0.1, 0.15) is 5.82 Å². The van der Waals surface area contributed by atoms with Crippen molar-refractivity contribution in [3.05, 3.63) is 35.6 Å². The molecule has 4 nitrogen and oxygen atoms in total. The van der Waals surface area contributed by atoms with E-state index >= 15 is 0 Å². The van der Waals surface area contributed by atoms with Crippen molar-refractivity contribution in [1.29, 1.82) is 0 Å². The molecule has 1 unspecified atom stereocenters. The van der Waals surface area contributed by atoms with Crippen molar-refractivity contribution in [2.45, 2.75) is 31.9 Å². The molecule has 5 heteroatoms. The molecule has 2 atom stereocenters. The Balaban J connectivity index is 1.93. The van der Waals surface area contributed by atoms with E-state index in [0.29, 0.717) is 13.1 Å². The molecule has 0 bridgehead atoms. The smallest absolute Gasteiger partial charge is 0.239 e. The fourth-order valence-corrected chi connectivity index (χ4v) is 2.66. The molecular weight excluding hydrogens is 259 g/mol. The van der Waals surface area contributed by atoms with E-state index in [1.165, 1.54) is 12.1 Å². The van der Waals surface area contributed by atoms with Crippen molar-refractivity contribution < 1.29 is 14.3 Å². The zero-order chi connectivity index (χ0) is 14.7. The van der Waals surface area contributed by atoms with Crippen molar-refractivity contribution in [1.82, 2.24) is 4.90 Å². The van der Waals surface area contributed by atoms with E-state index in [1.807, 2.05) is 0 Å². The molecule has 1 saturated heterocycles. The lowest BCUT2D eigenvalue weighted by atomic mass is 9.87. The van der Waals surface area contributed by atoms with Crippen LogP contribution in [0, 0.1) is 11.7 Å². The van der Waals surface area contributed by atoms with Crippen LogP contribution in [0.4, 0.5) is 4.39 Å². The summed E-state index contributed by atoms with van der Waals surface area (Å²) in [6.07, 6.45) is 0.858. The number of hydrogen-bond acceptors (Lipinski definition) is 3. The van der Waals surface area contributed by atoms with Gasteiger partial charge < -0.3 is 15.7 Å². The number of halogens is 1. The topological polar surface area (TPSA) is 66.6 Å². The Morgan fingerprint density at radius 1 is 1.35 bits per heavy atom. The first-order chi connectivity index (χ1) is 9.49. The van der Waals surface area contributed by atoms with E-state index < -0.39 is 12.1 Å². The SMILES string of the molecule is C[C@@H](N)C(=O)N1CCC(C(O)c2ccc(F)cc2)CC1. The third-order valence-corrected chi connectivity index (χ3v) is 3.90. The summed E-state index contributed by atoms with van der Waals surface area (Å²) >= 11 is 0. The minimum absolute atomic E-state index is 0.0419. The number of hydrogen-bond donors (Lipinski definition) is 2. The molecule has 0 aromatic heterocycles. The van der Waals surface area contributed by atoms with Gasteiger partial charge in [-0.15, -0.1) is 0 Å². The number of benzene rings is 1. The molecule has 20 heavy (non-hydrogen) atoms. The van der Waals surface area contributed by atoms with Gasteiger partial charge in [-0.1, -0.05) is 12.1 Å². The summed E-state index contributed by atoms with van der Waals surface area (Å²) in [4.78, 5) is 13.5. The Labute approximate surface area is 118 Å². The molecule has 1 heterocycles. The molecule has 0 aliphatic carbocycles. The number of amides is 1. The number of nitrogens with two attached hydrogens (primary N) is 1. The molecule has 1 fully saturated rings. The fraction of sp³-hybridized carbons (Fsp3) is 0.533. The summed E-state index contributed by atoms with van der Waals surface area (Å²) in [5.74, 6) is -0.254. The number of carbonyl (C=O) groups is 1. The van der Waals surface area contributed by atoms with E-state index in [-0.39, 0.29) is 17.6 Å². The van der Waals surface area contributed by atoms with Crippen molar-refractivity contribution in [3.8, 4) is 0 Å². The lowest BCUT2D eigenvalue weighted by Gasteiger charge is -2.35. The highest BCUT2D eigenvalue weighted by molar-refractivity contribution is 5.81. The van der Waals surface area contributed by atoms with E-state index in [2.05, 4.69) is 0 Å². The van der Waals surface area contributed by atoms with Gasteiger partial charge in [0, 0.05) is 13.1 Å². The number of aliphatic hydroxyl groups is 1. The summed E-state index contributed by atoms with van der Waals surface area (Å²) in [5.41, 5.74) is 6.32. The van der Waals surface area contributed by atoms with Crippen molar-refractivity contribution in [3.63, 3.8) is 0 Å². The number of likely N-dealkylation sites (tertiary alicyclic amines) is 1. The average molecular weight is 280 g/mol. The molecule has 0 spiro atoms. The molecule has 1 aliphatic rings. The molecule has 3 N–H and O–H groups in total. The largest absolute Gasteiger partial charge is 0.388 e. The summed E-state index contributed by atoms with van der Waals surface area (Å²) in [5, 5.41) is 10.3. The summed E-state index contributed by atoms with van der Waals surface area (Å²) in [6, 6.07) is 5.45. The predicted molar refractivity (Wildman–Crippen MR) is 74.3 cm³/mol. The highest BCUT2D eigenvalue weighted by Crippen LogP contribution is 2.30. The summed E-state index contributed by atoms with van der Waals surface area (Å²) < 4.78 is 12.9. The van der Waals surface area contributed by atoms with Gasteiger partial charge in [-0.3, -0.25) is 4.79 Å². The monoisotopic (exact) mass is 280 g/mol.